The molecule has 0 aromatic heterocycles. The Morgan fingerprint density at radius 1 is 0.800 bits per heavy atom. The van der Waals surface area contributed by atoms with Crippen molar-refractivity contribution in [3.8, 4) is 11.1 Å². The molecule has 136 valence electrons. The van der Waals surface area contributed by atoms with Gasteiger partial charge in [0.1, 0.15) is 0 Å². The number of unbranched alkanes of at least 4 members (excludes halogenated alkanes) is 3. The summed E-state index contributed by atoms with van der Waals surface area (Å²) in [5.41, 5.74) is 2.01. The average molecular weight is 415 g/mol. The molecule has 25 heavy (non-hydrogen) atoms. The summed E-state index contributed by atoms with van der Waals surface area (Å²) in [4.78, 5) is 0. The maximum absolute atomic E-state index is 13.3. The second-order valence-corrected chi connectivity index (χ2v) is 6.68. The summed E-state index contributed by atoms with van der Waals surface area (Å²) < 4.78 is 45.2. The molecule has 0 bridgehead atoms. The molecule has 0 amide bonds. The van der Waals surface area contributed by atoms with Crippen LogP contribution >= 0.6 is 15.9 Å². The molecule has 1 atom stereocenters. The molecular weight excluding hydrogens is 393 g/mol. The first-order chi connectivity index (χ1) is 12.0. The fourth-order valence-corrected chi connectivity index (χ4v) is 3.01. The zero-order chi connectivity index (χ0) is 18.1. The molecule has 0 radical (unpaired) electrons. The molecule has 1 unspecified atom stereocenters. The summed E-state index contributed by atoms with van der Waals surface area (Å²) in [7, 11) is 0. The van der Waals surface area contributed by atoms with Gasteiger partial charge in [-0.2, -0.15) is 13.2 Å². The third kappa shape index (κ3) is 6.48. The minimum atomic E-state index is -4.41. The molecule has 0 heterocycles. The third-order valence-electron chi connectivity index (χ3n) is 3.93. The molecule has 0 fully saturated rings. The third-order valence-corrected chi connectivity index (χ3v) is 4.49. The Kier molecular flexibility index (Phi) is 7.97. The SMILES string of the molecule is FC(F)(F)C(OCCCCCCBr)c1ccc(-c2ccccc2)cc1. The molecule has 0 spiro atoms. The Morgan fingerprint density at radius 3 is 2.00 bits per heavy atom. The molecule has 0 saturated carbocycles. The molecule has 0 aliphatic heterocycles. The Hall–Kier alpha value is -1.33. The van der Waals surface area contributed by atoms with Crippen molar-refractivity contribution in [3.05, 3.63) is 60.2 Å². The number of rotatable bonds is 9. The van der Waals surface area contributed by atoms with Crippen molar-refractivity contribution >= 4 is 15.9 Å². The Morgan fingerprint density at radius 2 is 1.40 bits per heavy atom. The van der Waals surface area contributed by atoms with Gasteiger partial charge in [0.25, 0.3) is 0 Å². The van der Waals surface area contributed by atoms with Crippen LogP contribution in [0.1, 0.15) is 37.4 Å². The van der Waals surface area contributed by atoms with Crippen LogP contribution in [0.15, 0.2) is 54.6 Å². The number of hydrogen-bond acceptors (Lipinski definition) is 1. The average Bonchev–Trinajstić information content (AvgIpc) is 2.61. The lowest BCUT2D eigenvalue weighted by Gasteiger charge is -2.21. The van der Waals surface area contributed by atoms with Gasteiger partial charge in [0.2, 0.25) is 0 Å². The van der Waals surface area contributed by atoms with Crippen molar-refractivity contribution in [2.45, 2.75) is 38.0 Å². The molecule has 2 rings (SSSR count). The van der Waals surface area contributed by atoms with Gasteiger partial charge in [0.15, 0.2) is 6.10 Å². The fraction of sp³-hybridized carbons (Fsp3) is 0.400. The van der Waals surface area contributed by atoms with E-state index in [9.17, 15) is 13.2 Å². The summed E-state index contributed by atoms with van der Waals surface area (Å²) in [6.45, 7) is 0.118. The monoisotopic (exact) mass is 414 g/mol. The van der Waals surface area contributed by atoms with Crippen LogP contribution < -0.4 is 0 Å². The van der Waals surface area contributed by atoms with Crippen LogP contribution in [-0.2, 0) is 4.74 Å². The predicted molar refractivity (Wildman–Crippen MR) is 98.9 cm³/mol. The van der Waals surface area contributed by atoms with Crippen LogP contribution in [0.5, 0.6) is 0 Å². The van der Waals surface area contributed by atoms with Gasteiger partial charge < -0.3 is 4.74 Å². The zero-order valence-electron chi connectivity index (χ0n) is 13.9. The van der Waals surface area contributed by atoms with Gasteiger partial charge in [-0.1, -0.05) is 83.4 Å². The first kappa shape index (κ1) is 20.0. The number of hydrogen-bond donors (Lipinski definition) is 0. The second-order valence-electron chi connectivity index (χ2n) is 5.88. The molecule has 2 aromatic rings. The van der Waals surface area contributed by atoms with Crippen molar-refractivity contribution in [2.24, 2.45) is 0 Å². The van der Waals surface area contributed by atoms with Crippen LogP contribution in [0.3, 0.4) is 0 Å². The summed E-state index contributed by atoms with van der Waals surface area (Å²) in [6.07, 6.45) is -2.73. The Bertz CT molecular complexity index is 611. The highest BCUT2D eigenvalue weighted by Crippen LogP contribution is 2.36. The molecule has 0 saturated heterocycles. The zero-order valence-corrected chi connectivity index (χ0v) is 15.5. The van der Waals surface area contributed by atoms with Crippen molar-refractivity contribution < 1.29 is 17.9 Å². The first-order valence-corrected chi connectivity index (χ1v) is 9.54. The van der Waals surface area contributed by atoms with E-state index in [1.54, 1.807) is 12.1 Å². The van der Waals surface area contributed by atoms with E-state index < -0.39 is 12.3 Å². The number of halogens is 4. The molecule has 1 nitrogen and oxygen atoms in total. The number of alkyl halides is 4. The van der Waals surface area contributed by atoms with Gasteiger partial charge >= 0.3 is 6.18 Å². The lowest BCUT2D eigenvalue weighted by molar-refractivity contribution is -0.224. The summed E-state index contributed by atoms with van der Waals surface area (Å²) in [5.74, 6) is 0. The normalized spacial score (nSPS) is 13.0. The van der Waals surface area contributed by atoms with E-state index in [0.717, 1.165) is 35.7 Å². The molecule has 0 N–H and O–H groups in total. The van der Waals surface area contributed by atoms with Crippen molar-refractivity contribution in [1.29, 1.82) is 0 Å². The van der Waals surface area contributed by atoms with Crippen molar-refractivity contribution in [3.63, 3.8) is 0 Å². The lowest BCUT2D eigenvalue weighted by atomic mass is 10.0. The Labute approximate surface area is 155 Å². The molecular formula is C20H22BrF3O. The standard InChI is InChI=1S/C20H22BrF3O/c21-14-6-1-2-7-15-25-19(20(22,23)24)18-12-10-17(11-13-18)16-8-4-3-5-9-16/h3-5,8-13,19H,1-2,6-7,14-15H2. The number of benzene rings is 2. The van der Waals surface area contributed by atoms with E-state index in [2.05, 4.69) is 15.9 Å². The fourth-order valence-electron chi connectivity index (χ4n) is 2.61. The first-order valence-electron chi connectivity index (χ1n) is 8.42. The highest BCUT2D eigenvalue weighted by molar-refractivity contribution is 9.09. The number of ether oxygens (including phenoxy) is 1. The van der Waals surface area contributed by atoms with E-state index >= 15 is 0 Å². The molecule has 0 aliphatic carbocycles. The smallest absolute Gasteiger partial charge is 0.364 e. The van der Waals surface area contributed by atoms with E-state index in [1.807, 2.05) is 30.3 Å². The largest absolute Gasteiger partial charge is 0.418 e. The summed E-state index contributed by atoms with van der Waals surface area (Å²) >= 11 is 3.34. The van der Waals surface area contributed by atoms with E-state index in [0.29, 0.717) is 6.42 Å². The minimum absolute atomic E-state index is 0.118. The highest BCUT2D eigenvalue weighted by Gasteiger charge is 2.41. The summed E-state index contributed by atoms with van der Waals surface area (Å²) in [5, 5.41) is 0.923. The lowest BCUT2D eigenvalue weighted by Crippen LogP contribution is -2.24. The summed E-state index contributed by atoms with van der Waals surface area (Å²) in [6, 6.07) is 16.0. The topological polar surface area (TPSA) is 9.23 Å². The van der Waals surface area contributed by atoms with E-state index in [4.69, 9.17) is 4.74 Å². The quantitative estimate of drug-likeness (QED) is 0.319. The molecule has 2 aromatic carbocycles. The van der Waals surface area contributed by atoms with Gasteiger partial charge in [0, 0.05) is 11.9 Å². The molecule has 5 heteroatoms. The van der Waals surface area contributed by atoms with Crippen LogP contribution in [0, 0.1) is 0 Å². The van der Waals surface area contributed by atoms with E-state index in [-0.39, 0.29) is 12.2 Å². The van der Waals surface area contributed by atoms with E-state index in [1.165, 1.54) is 12.1 Å². The van der Waals surface area contributed by atoms with Gasteiger partial charge in [0.05, 0.1) is 0 Å². The highest BCUT2D eigenvalue weighted by atomic mass is 79.9. The maximum Gasteiger partial charge on any atom is 0.418 e. The minimum Gasteiger partial charge on any atom is -0.364 e. The molecule has 0 aliphatic rings. The Balaban J connectivity index is 2.00. The van der Waals surface area contributed by atoms with Crippen molar-refractivity contribution in [1.82, 2.24) is 0 Å². The van der Waals surface area contributed by atoms with Gasteiger partial charge in [-0.25, -0.2) is 0 Å². The van der Waals surface area contributed by atoms with Crippen LogP contribution in [0.4, 0.5) is 13.2 Å². The van der Waals surface area contributed by atoms with Crippen LogP contribution in [-0.4, -0.2) is 18.1 Å². The van der Waals surface area contributed by atoms with Gasteiger partial charge in [-0.15, -0.1) is 0 Å². The predicted octanol–water partition coefficient (Wildman–Crippen LogP) is 6.93. The maximum atomic E-state index is 13.3. The van der Waals surface area contributed by atoms with Gasteiger partial charge in [-0.05, 0) is 29.5 Å². The van der Waals surface area contributed by atoms with Gasteiger partial charge in [-0.3, -0.25) is 0 Å². The van der Waals surface area contributed by atoms with Crippen LogP contribution in [0.25, 0.3) is 11.1 Å². The van der Waals surface area contributed by atoms with Crippen LogP contribution in [0.2, 0.25) is 0 Å². The van der Waals surface area contributed by atoms with Crippen molar-refractivity contribution in [2.75, 3.05) is 11.9 Å². The second kappa shape index (κ2) is 9.97.